The highest BCUT2D eigenvalue weighted by molar-refractivity contribution is 14.1. The Morgan fingerprint density at radius 2 is 2.00 bits per heavy atom. The molecule has 6 heteroatoms. The zero-order chi connectivity index (χ0) is 18.1. The van der Waals surface area contributed by atoms with E-state index in [1.165, 1.54) is 6.07 Å². The topological polar surface area (TPSA) is 57.8 Å². The molecule has 1 aliphatic carbocycles. The average molecular weight is 463 g/mol. The standard InChI is InChI=1S/C20H19FIN3O/c21-16-8-4-3-7-14(16)18(12-5-1-2-6-12)20(26)23-13-9-10-17-15(11-13)19(22)25-24-17/h3-4,7-12,18H,1-2,5-6H2,(H,23,26)(H,24,25). The summed E-state index contributed by atoms with van der Waals surface area (Å²) < 4.78 is 15.3. The molecule has 1 saturated carbocycles. The third kappa shape index (κ3) is 3.34. The van der Waals surface area contributed by atoms with Crippen LogP contribution in [0.2, 0.25) is 0 Å². The summed E-state index contributed by atoms with van der Waals surface area (Å²) in [6.45, 7) is 0. The minimum atomic E-state index is -0.460. The lowest BCUT2D eigenvalue weighted by atomic mass is 9.83. The first-order valence-corrected chi connectivity index (χ1v) is 9.90. The van der Waals surface area contributed by atoms with Gasteiger partial charge in [-0.3, -0.25) is 9.89 Å². The Kier molecular flexibility index (Phi) is 4.93. The number of anilines is 1. The van der Waals surface area contributed by atoms with Crippen molar-refractivity contribution in [3.63, 3.8) is 0 Å². The lowest BCUT2D eigenvalue weighted by Gasteiger charge is -2.23. The van der Waals surface area contributed by atoms with Crippen LogP contribution in [0.15, 0.2) is 42.5 Å². The van der Waals surface area contributed by atoms with Gasteiger partial charge >= 0.3 is 0 Å². The van der Waals surface area contributed by atoms with Crippen LogP contribution in [0.4, 0.5) is 10.1 Å². The summed E-state index contributed by atoms with van der Waals surface area (Å²) in [6, 6.07) is 12.3. The first kappa shape index (κ1) is 17.5. The van der Waals surface area contributed by atoms with Crippen molar-refractivity contribution in [1.29, 1.82) is 0 Å². The summed E-state index contributed by atoms with van der Waals surface area (Å²) in [5.74, 6) is -0.721. The molecule has 4 nitrogen and oxygen atoms in total. The number of aromatic nitrogens is 2. The second kappa shape index (κ2) is 7.34. The number of aromatic amines is 1. The normalized spacial score (nSPS) is 16.1. The van der Waals surface area contributed by atoms with Gasteiger partial charge in [-0.25, -0.2) is 4.39 Å². The number of H-pyrrole nitrogens is 1. The third-order valence-electron chi connectivity index (χ3n) is 5.17. The van der Waals surface area contributed by atoms with Crippen molar-refractivity contribution < 1.29 is 9.18 Å². The molecule has 1 amide bonds. The summed E-state index contributed by atoms with van der Waals surface area (Å²) >= 11 is 2.18. The monoisotopic (exact) mass is 463 g/mol. The van der Waals surface area contributed by atoms with Gasteiger partial charge in [-0.05, 0) is 65.6 Å². The fraction of sp³-hybridized carbons (Fsp3) is 0.300. The summed E-state index contributed by atoms with van der Waals surface area (Å²) in [5, 5.41) is 11.1. The first-order chi connectivity index (χ1) is 12.6. The molecule has 2 N–H and O–H groups in total. The van der Waals surface area contributed by atoms with E-state index in [4.69, 9.17) is 0 Å². The Balaban J connectivity index is 1.65. The molecule has 2 aromatic carbocycles. The fourth-order valence-electron chi connectivity index (χ4n) is 3.90. The van der Waals surface area contributed by atoms with Gasteiger partial charge in [0.05, 0.1) is 11.4 Å². The largest absolute Gasteiger partial charge is 0.326 e. The zero-order valence-corrected chi connectivity index (χ0v) is 16.3. The minimum absolute atomic E-state index is 0.139. The maximum atomic E-state index is 14.4. The molecule has 0 saturated heterocycles. The molecule has 1 atom stereocenters. The van der Waals surface area contributed by atoms with Crippen molar-refractivity contribution in [2.45, 2.75) is 31.6 Å². The Bertz CT molecular complexity index is 949. The Hall–Kier alpha value is -1.96. The molecule has 0 radical (unpaired) electrons. The highest BCUT2D eigenvalue weighted by Gasteiger charge is 2.33. The van der Waals surface area contributed by atoms with Crippen LogP contribution in [0, 0.1) is 15.4 Å². The molecule has 0 spiro atoms. The van der Waals surface area contributed by atoms with Crippen molar-refractivity contribution in [3.8, 4) is 0 Å². The number of carbonyl (C=O) groups is 1. The van der Waals surface area contributed by atoms with Gasteiger partial charge in [0, 0.05) is 16.6 Å². The molecule has 4 rings (SSSR count). The predicted molar refractivity (Wildman–Crippen MR) is 109 cm³/mol. The number of benzene rings is 2. The van der Waals surface area contributed by atoms with Crippen molar-refractivity contribution in [1.82, 2.24) is 10.2 Å². The number of fused-ring (bicyclic) bond motifs is 1. The van der Waals surface area contributed by atoms with Gasteiger partial charge in [0.25, 0.3) is 0 Å². The molecular formula is C20H19FIN3O. The van der Waals surface area contributed by atoms with Gasteiger partial charge in [0.2, 0.25) is 5.91 Å². The summed E-state index contributed by atoms with van der Waals surface area (Å²) in [5.41, 5.74) is 2.06. The number of carbonyl (C=O) groups excluding carboxylic acids is 1. The van der Waals surface area contributed by atoms with Crippen LogP contribution in [0.1, 0.15) is 37.2 Å². The minimum Gasteiger partial charge on any atom is -0.326 e. The van der Waals surface area contributed by atoms with Crippen LogP contribution < -0.4 is 5.32 Å². The molecule has 0 aliphatic heterocycles. The van der Waals surface area contributed by atoms with E-state index in [0.717, 1.165) is 40.3 Å². The number of nitrogens with one attached hydrogen (secondary N) is 2. The second-order valence-electron chi connectivity index (χ2n) is 6.80. The maximum Gasteiger partial charge on any atom is 0.232 e. The van der Waals surface area contributed by atoms with E-state index in [-0.39, 0.29) is 17.6 Å². The number of halogens is 2. The number of nitrogens with zero attached hydrogens (tertiary/aromatic N) is 1. The molecule has 1 unspecified atom stereocenters. The zero-order valence-electron chi connectivity index (χ0n) is 14.1. The average Bonchev–Trinajstić information content (AvgIpc) is 3.28. The number of rotatable bonds is 4. The highest BCUT2D eigenvalue weighted by Crippen LogP contribution is 2.39. The van der Waals surface area contributed by atoms with Crippen molar-refractivity contribution in [2.24, 2.45) is 5.92 Å². The smallest absolute Gasteiger partial charge is 0.232 e. The molecule has 3 aromatic rings. The third-order valence-corrected chi connectivity index (χ3v) is 5.99. The van der Waals surface area contributed by atoms with E-state index in [2.05, 4.69) is 38.1 Å². The summed E-state index contributed by atoms with van der Waals surface area (Å²) in [4.78, 5) is 13.1. The van der Waals surface area contributed by atoms with Gasteiger partial charge < -0.3 is 5.32 Å². The van der Waals surface area contributed by atoms with Crippen molar-refractivity contribution in [3.05, 3.63) is 57.5 Å². The molecule has 1 heterocycles. The van der Waals surface area contributed by atoms with Crippen molar-refractivity contribution >= 4 is 45.1 Å². The molecule has 26 heavy (non-hydrogen) atoms. The predicted octanol–water partition coefficient (Wildman–Crippen LogP) is 5.22. The molecule has 1 fully saturated rings. The Morgan fingerprint density at radius 3 is 2.77 bits per heavy atom. The lowest BCUT2D eigenvalue weighted by Crippen LogP contribution is -2.27. The molecular weight excluding hydrogens is 444 g/mol. The van der Waals surface area contributed by atoms with Crippen LogP contribution in [0.25, 0.3) is 10.9 Å². The van der Waals surface area contributed by atoms with Crippen LogP contribution in [0.3, 0.4) is 0 Å². The van der Waals surface area contributed by atoms with E-state index >= 15 is 0 Å². The number of amides is 1. The van der Waals surface area contributed by atoms with Gasteiger partial charge in [-0.1, -0.05) is 31.0 Å². The summed E-state index contributed by atoms with van der Waals surface area (Å²) in [7, 11) is 0. The van der Waals surface area contributed by atoms with E-state index in [1.807, 2.05) is 18.2 Å². The van der Waals surface area contributed by atoms with E-state index in [1.54, 1.807) is 18.2 Å². The maximum absolute atomic E-state index is 14.4. The fourth-order valence-corrected chi connectivity index (χ4v) is 4.46. The van der Waals surface area contributed by atoms with E-state index in [0.29, 0.717) is 11.3 Å². The SMILES string of the molecule is O=C(Nc1ccc2n[nH]c(I)c2c1)C(c1ccccc1F)C1CCCC1. The Morgan fingerprint density at radius 1 is 1.23 bits per heavy atom. The van der Waals surface area contributed by atoms with Crippen LogP contribution in [-0.4, -0.2) is 16.1 Å². The van der Waals surface area contributed by atoms with Crippen LogP contribution in [-0.2, 0) is 4.79 Å². The molecule has 0 bridgehead atoms. The number of hydrogen-bond acceptors (Lipinski definition) is 2. The van der Waals surface area contributed by atoms with E-state index in [9.17, 15) is 9.18 Å². The first-order valence-electron chi connectivity index (χ1n) is 8.82. The molecule has 134 valence electrons. The van der Waals surface area contributed by atoms with Crippen LogP contribution in [0.5, 0.6) is 0 Å². The van der Waals surface area contributed by atoms with Gasteiger partial charge in [-0.2, -0.15) is 5.10 Å². The van der Waals surface area contributed by atoms with Crippen LogP contribution >= 0.6 is 22.6 Å². The van der Waals surface area contributed by atoms with Gasteiger partial charge in [0.15, 0.2) is 0 Å². The second-order valence-corrected chi connectivity index (χ2v) is 7.88. The number of hydrogen-bond donors (Lipinski definition) is 2. The van der Waals surface area contributed by atoms with E-state index < -0.39 is 5.92 Å². The van der Waals surface area contributed by atoms with Crippen molar-refractivity contribution in [2.75, 3.05) is 5.32 Å². The summed E-state index contributed by atoms with van der Waals surface area (Å²) in [6.07, 6.45) is 4.13. The van der Waals surface area contributed by atoms with Gasteiger partial charge in [-0.15, -0.1) is 0 Å². The highest BCUT2D eigenvalue weighted by atomic mass is 127. The quantitative estimate of drug-likeness (QED) is 0.522. The van der Waals surface area contributed by atoms with Gasteiger partial charge in [0.1, 0.15) is 9.52 Å². The molecule has 1 aromatic heterocycles. The lowest BCUT2D eigenvalue weighted by molar-refractivity contribution is -0.118. The molecule has 1 aliphatic rings. The Labute approximate surface area is 164 Å².